The number of carbonyl (C=O) groups is 3. The minimum atomic E-state index is -0.413. The molecule has 1 heterocycles. The second-order valence-corrected chi connectivity index (χ2v) is 9.86. The number of fused-ring (bicyclic) bond motifs is 1. The quantitative estimate of drug-likeness (QED) is 0.213. The van der Waals surface area contributed by atoms with E-state index >= 15 is 0 Å². The fraction of sp³-hybridized carbons (Fsp3) is 0.233. The number of aromatic nitrogens is 1. The van der Waals surface area contributed by atoms with Gasteiger partial charge in [0, 0.05) is 35.8 Å². The maximum Gasteiger partial charge on any atom is 0.272 e. The zero-order valence-corrected chi connectivity index (χ0v) is 23.1. The van der Waals surface area contributed by atoms with Crippen LogP contribution in [0.4, 0.5) is 15.8 Å². The average Bonchev–Trinajstić information content (AvgIpc) is 3.30. The van der Waals surface area contributed by atoms with Gasteiger partial charge in [0.25, 0.3) is 11.8 Å². The maximum absolute atomic E-state index is 13.3. The minimum absolute atomic E-state index is 0.0868. The van der Waals surface area contributed by atoms with Gasteiger partial charge in [0.05, 0.1) is 16.1 Å². The molecule has 4 rings (SSSR count). The summed E-state index contributed by atoms with van der Waals surface area (Å²) in [6.45, 7) is 6.34. The van der Waals surface area contributed by atoms with Gasteiger partial charge in [-0.3, -0.25) is 14.4 Å². The van der Waals surface area contributed by atoms with Crippen LogP contribution in [0.3, 0.4) is 0 Å². The Labute approximate surface area is 236 Å². The third kappa shape index (κ3) is 6.86. The number of ether oxygens (including phenoxy) is 1. The fourth-order valence-corrected chi connectivity index (χ4v) is 4.24. The van der Waals surface area contributed by atoms with Crippen LogP contribution < -0.4 is 16.0 Å². The van der Waals surface area contributed by atoms with E-state index in [9.17, 15) is 18.8 Å². The molecule has 3 N–H and O–H groups in total. The SMILES string of the molecule is CCOCn1c(C(=O)Nc2ccc(F)cc2)cc2cc(NC(=O)c3cc(CNC(=O)C(C)C)ccc3Cl)ccc21. The summed E-state index contributed by atoms with van der Waals surface area (Å²) >= 11 is 6.32. The molecular formula is C30H30ClFN4O4. The highest BCUT2D eigenvalue weighted by atomic mass is 35.5. The summed E-state index contributed by atoms with van der Waals surface area (Å²) in [7, 11) is 0. The van der Waals surface area contributed by atoms with Crippen LogP contribution >= 0.6 is 11.6 Å². The smallest absolute Gasteiger partial charge is 0.272 e. The third-order valence-electron chi connectivity index (χ3n) is 6.18. The number of halogens is 2. The molecule has 0 radical (unpaired) electrons. The summed E-state index contributed by atoms with van der Waals surface area (Å²) in [5.41, 5.74) is 3.05. The number of nitrogens with one attached hydrogen (secondary N) is 3. The number of nitrogens with zero attached hydrogens (tertiary/aromatic N) is 1. The van der Waals surface area contributed by atoms with Crippen LogP contribution in [-0.2, 0) is 22.8 Å². The lowest BCUT2D eigenvalue weighted by atomic mass is 10.1. The Balaban J connectivity index is 1.56. The molecule has 208 valence electrons. The monoisotopic (exact) mass is 564 g/mol. The first-order chi connectivity index (χ1) is 19.2. The van der Waals surface area contributed by atoms with Gasteiger partial charge in [0.2, 0.25) is 5.91 Å². The van der Waals surface area contributed by atoms with E-state index < -0.39 is 11.7 Å². The molecule has 4 aromatic rings. The molecule has 0 atom stereocenters. The van der Waals surface area contributed by atoms with Crippen molar-refractivity contribution < 1.29 is 23.5 Å². The van der Waals surface area contributed by atoms with Crippen molar-refractivity contribution in [1.82, 2.24) is 9.88 Å². The fourth-order valence-electron chi connectivity index (χ4n) is 4.03. The van der Waals surface area contributed by atoms with Gasteiger partial charge >= 0.3 is 0 Å². The van der Waals surface area contributed by atoms with Gasteiger partial charge in [-0.15, -0.1) is 0 Å². The summed E-state index contributed by atoms with van der Waals surface area (Å²) in [4.78, 5) is 38.1. The molecule has 40 heavy (non-hydrogen) atoms. The Bertz CT molecular complexity index is 1550. The summed E-state index contributed by atoms with van der Waals surface area (Å²) in [6.07, 6.45) is 0. The molecule has 0 aliphatic carbocycles. The Kier molecular flexibility index (Phi) is 9.19. The molecule has 8 nitrogen and oxygen atoms in total. The lowest BCUT2D eigenvalue weighted by Crippen LogP contribution is -2.27. The summed E-state index contributed by atoms with van der Waals surface area (Å²) in [5.74, 6) is -1.44. The molecule has 3 aromatic carbocycles. The molecule has 3 amide bonds. The number of anilines is 2. The topological polar surface area (TPSA) is 101 Å². The van der Waals surface area contributed by atoms with Gasteiger partial charge in [0.15, 0.2) is 0 Å². The molecule has 0 unspecified atom stereocenters. The molecule has 1 aromatic heterocycles. The summed E-state index contributed by atoms with van der Waals surface area (Å²) < 4.78 is 20.6. The number of benzene rings is 3. The van der Waals surface area contributed by atoms with E-state index in [4.69, 9.17) is 16.3 Å². The van der Waals surface area contributed by atoms with Gasteiger partial charge in [-0.1, -0.05) is 31.5 Å². The second-order valence-electron chi connectivity index (χ2n) is 9.45. The Hall–Kier alpha value is -4.21. The van der Waals surface area contributed by atoms with Gasteiger partial charge < -0.3 is 25.3 Å². The zero-order chi connectivity index (χ0) is 28.8. The molecule has 10 heteroatoms. The number of carbonyl (C=O) groups excluding carboxylic acids is 3. The molecule has 0 bridgehead atoms. The van der Waals surface area contributed by atoms with Crippen molar-refractivity contribution in [2.45, 2.75) is 34.0 Å². The van der Waals surface area contributed by atoms with Crippen molar-refractivity contribution in [2.75, 3.05) is 17.2 Å². The van der Waals surface area contributed by atoms with Crippen molar-refractivity contribution in [3.05, 3.63) is 94.4 Å². The van der Waals surface area contributed by atoms with Crippen LogP contribution in [0.2, 0.25) is 5.02 Å². The lowest BCUT2D eigenvalue weighted by Gasteiger charge is -2.12. The maximum atomic E-state index is 13.3. The largest absolute Gasteiger partial charge is 0.361 e. The van der Waals surface area contributed by atoms with Gasteiger partial charge in [-0.2, -0.15) is 0 Å². The average molecular weight is 565 g/mol. The number of amides is 3. The van der Waals surface area contributed by atoms with Gasteiger partial charge in [0.1, 0.15) is 18.2 Å². The van der Waals surface area contributed by atoms with Crippen molar-refractivity contribution in [1.29, 1.82) is 0 Å². The Morgan fingerprint density at radius 3 is 2.33 bits per heavy atom. The highest BCUT2D eigenvalue weighted by Crippen LogP contribution is 2.26. The first-order valence-electron chi connectivity index (χ1n) is 12.8. The number of hydrogen-bond acceptors (Lipinski definition) is 4. The Morgan fingerprint density at radius 1 is 0.925 bits per heavy atom. The first kappa shape index (κ1) is 28.8. The molecule has 0 aliphatic heterocycles. The molecular weight excluding hydrogens is 535 g/mol. The highest BCUT2D eigenvalue weighted by Gasteiger charge is 2.18. The molecule has 0 saturated carbocycles. The van der Waals surface area contributed by atoms with Crippen LogP contribution in [0.1, 0.15) is 47.2 Å². The predicted octanol–water partition coefficient (Wildman–Crippen LogP) is 6.20. The van der Waals surface area contributed by atoms with Gasteiger partial charge in [-0.05, 0) is 73.2 Å². The van der Waals surface area contributed by atoms with Crippen LogP contribution in [0.25, 0.3) is 10.9 Å². The summed E-state index contributed by atoms with van der Waals surface area (Å²) in [5, 5.41) is 9.45. The van der Waals surface area contributed by atoms with Crippen LogP contribution in [-0.4, -0.2) is 28.9 Å². The van der Waals surface area contributed by atoms with Crippen molar-refractivity contribution in [3.63, 3.8) is 0 Å². The highest BCUT2D eigenvalue weighted by molar-refractivity contribution is 6.34. The van der Waals surface area contributed by atoms with E-state index in [-0.39, 0.29) is 41.6 Å². The van der Waals surface area contributed by atoms with Crippen molar-refractivity contribution in [3.8, 4) is 0 Å². The Morgan fingerprint density at radius 2 is 1.62 bits per heavy atom. The third-order valence-corrected chi connectivity index (χ3v) is 6.51. The van der Waals surface area contributed by atoms with Crippen molar-refractivity contribution >= 4 is 51.6 Å². The van der Waals surface area contributed by atoms with E-state index in [0.717, 1.165) is 11.1 Å². The zero-order valence-electron chi connectivity index (χ0n) is 22.4. The predicted molar refractivity (Wildman–Crippen MR) is 154 cm³/mol. The number of rotatable bonds is 10. The van der Waals surface area contributed by atoms with Gasteiger partial charge in [-0.25, -0.2) is 4.39 Å². The van der Waals surface area contributed by atoms with E-state index in [1.807, 2.05) is 6.92 Å². The molecule has 0 fully saturated rings. The standard InChI is InChI=1S/C30H30ClFN4O4/c1-4-40-17-36-26-12-10-23(14-20(26)15-27(36)30(39)34-22-8-6-21(32)7-9-22)35-29(38)24-13-19(5-11-25(24)31)16-33-28(37)18(2)3/h5-15,18H,4,16-17H2,1-3H3,(H,33,37)(H,34,39)(H,35,38). The van der Waals surface area contributed by atoms with Crippen LogP contribution in [0, 0.1) is 11.7 Å². The first-order valence-corrected chi connectivity index (χ1v) is 13.2. The van der Waals surface area contributed by atoms with E-state index in [1.165, 1.54) is 24.3 Å². The van der Waals surface area contributed by atoms with Crippen LogP contribution in [0.5, 0.6) is 0 Å². The van der Waals surface area contributed by atoms with E-state index in [1.54, 1.807) is 60.9 Å². The van der Waals surface area contributed by atoms with Crippen LogP contribution in [0.15, 0.2) is 66.7 Å². The summed E-state index contributed by atoms with van der Waals surface area (Å²) in [6, 6.07) is 17.5. The lowest BCUT2D eigenvalue weighted by molar-refractivity contribution is -0.124. The number of hydrogen-bond donors (Lipinski definition) is 3. The van der Waals surface area contributed by atoms with E-state index in [2.05, 4.69) is 16.0 Å². The van der Waals surface area contributed by atoms with E-state index in [0.29, 0.717) is 29.1 Å². The molecule has 0 aliphatic rings. The normalized spacial score (nSPS) is 11.1. The second kappa shape index (κ2) is 12.8. The van der Waals surface area contributed by atoms with Crippen molar-refractivity contribution in [2.24, 2.45) is 5.92 Å². The molecule has 0 saturated heterocycles. The molecule has 0 spiro atoms. The minimum Gasteiger partial charge on any atom is -0.361 e.